The summed E-state index contributed by atoms with van der Waals surface area (Å²) in [5, 5.41) is 5.70. The van der Waals surface area contributed by atoms with Crippen molar-refractivity contribution < 1.29 is 19.1 Å². The predicted octanol–water partition coefficient (Wildman–Crippen LogP) is 1.31. The quantitative estimate of drug-likeness (QED) is 0.785. The predicted molar refractivity (Wildman–Crippen MR) is 89.8 cm³/mol. The number of nitrogens with one attached hydrogen (secondary N) is 2. The van der Waals surface area contributed by atoms with Crippen LogP contribution in [0.1, 0.15) is 31.2 Å². The van der Waals surface area contributed by atoms with Crippen LogP contribution in [0.25, 0.3) is 0 Å². The maximum Gasteiger partial charge on any atom is 0.267 e. The van der Waals surface area contributed by atoms with Crippen LogP contribution in [0.3, 0.4) is 0 Å². The molecule has 2 amide bonds. The highest BCUT2D eigenvalue weighted by Crippen LogP contribution is 2.45. The second-order valence-corrected chi connectivity index (χ2v) is 6.53. The molecule has 0 saturated carbocycles. The molecular weight excluding hydrogens is 332 g/mol. The van der Waals surface area contributed by atoms with Crippen molar-refractivity contribution in [1.82, 2.24) is 10.6 Å². The fourth-order valence-corrected chi connectivity index (χ4v) is 3.70. The number of benzene rings is 1. The Balaban J connectivity index is 0.00000169. The molecule has 130 valence electrons. The highest BCUT2D eigenvalue weighted by Gasteiger charge is 2.41. The number of ether oxygens (including phenoxy) is 2. The topological polar surface area (TPSA) is 76.7 Å². The van der Waals surface area contributed by atoms with E-state index in [9.17, 15) is 9.59 Å². The third kappa shape index (κ3) is 2.96. The molecule has 3 aliphatic rings. The zero-order valence-electron chi connectivity index (χ0n) is 13.3. The van der Waals surface area contributed by atoms with Crippen LogP contribution in [0, 0.1) is 0 Å². The minimum Gasteiger partial charge on any atom is -0.492 e. The fourth-order valence-electron chi connectivity index (χ4n) is 3.70. The van der Waals surface area contributed by atoms with Crippen molar-refractivity contribution in [3.8, 4) is 11.5 Å². The Morgan fingerprint density at radius 3 is 2.75 bits per heavy atom. The number of carbonyl (C=O) groups is 2. The van der Waals surface area contributed by atoms with E-state index in [1.165, 1.54) is 5.56 Å². The van der Waals surface area contributed by atoms with E-state index >= 15 is 0 Å². The van der Waals surface area contributed by atoms with Gasteiger partial charge < -0.3 is 14.8 Å². The summed E-state index contributed by atoms with van der Waals surface area (Å²) in [4.78, 5) is 23.0. The number of amides is 2. The van der Waals surface area contributed by atoms with Gasteiger partial charge in [0.25, 0.3) is 5.91 Å². The first-order chi connectivity index (χ1) is 11.2. The molecule has 6 nitrogen and oxygen atoms in total. The summed E-state index contributed by atoms with van der Waals surface area (Å²) in [6, 6.07) is 5.84. The van der Waals surface area contributed by atoms with Gasteiger partial charge in [-0.3, -0.25) is 14.9 Å². The van der Waals surface area contributed by atoms with Crippen LogP contribution in [0.5, 0.6) is 11.5 Å². The van der Waals surface area contributed by atoms with Crippen molar-refractivity contribution in [2.75, 3.05) is 19.7 Å². The monoisotopic (exact) mass is 352 g/mol. The number of imide groups is 1. The van der Waals surface area contributed by atoms with Crippen molar-refractivity contribution in [1.29, 1.82) is 0 Å². The largest absolute Gasteiger partial charge is 0.492 e. The van der Waals surface area contributed by atoms with E-state index in [-0.39, 0.29) is 29.6 Å². The first kappa shape index (κ1) is 17.0. The number of carbonyl (C=O) groups excluding carboxylic acids is 2. The lowest BCUT2D eigenvalue weighted by molar-refractivity contribution is -0.138. The fraction of sp³-hybridized carbons (Fsp3) is 0.529. The summed E-state index contributed by atoms with van der Waals surface area (Å²) in [6.45, 7) is 2.74. The van der Waals surface area contributed by atoms with Crippen molar-refractivity contribution in [2.45, 2.75) is 37.2 Å². The molecule has 24 heavy (non-hydrogen) atoms. The van der Waals surface area contributed by atoms with Crippen LogP contribution < -0.4 is 20.1 Å². The summed E-state index contributed by atoms with van der Waals surface area (Å²) >= 11 is 0. The second kappa shape index (κ2) is 6.61. The van der Waals surface area contributed by atoms with E-state index in [1.54, 1.807) is 0 Å². The van der Waals surface area contributed by atoms with E-state index in [4.69, 9.17) is 9.47 Å². The molecule has 0 radical (unpaired) electrons. The highest BCUT2D eigenvalue weighted by molar-refractivity contribution is 5.99. The van der Waals surface area contributed by atoms with E-state index < -0.39 is 6.10 Å². The average molecular weight is 353 g/mol. The molecule has 1 atom stereocenters. The molecular formula is C17H21ClN2O4. The molecule has 1 aromatic rings. The van der Waals surface area contributed by atoms with E-state index in [2.05, 4.69) is 16.7 Å². The van der Waals surface area contributed by atoms with Gasteiger partial charge in [0.2, 0.25) is 5.91 Å². The van der Waals surface area contributed by atoms with Gasteiger partial charge in [0.15, 0.2) is 6.10 Å². The van der Waals surface area contributed by atoms with Gasteiger partial charge in [-0.15, -0.1) is 12.4 Å². The third-order valence-corrected chi connectivity index (χ3v) is 5.06. The van der Waals surface area contributed by atoms with Crippen molar-refractivity contribution in [2.24, 2.45) is 0 Å². The number of fused-ring (bicyclic) bond motifs is 2. The van der Waals surface area contributed by atoms with E-state index in [1.807, 2.05) is 12.1 Å². The van der Waals surface area contributed by atoms with Gasteiger partial charge in [-0.1, -0.05) is 6.07 Å². The minimum atomic E-state index is -0.611. The Labute approximate surface area is 146 Å². The average Bonchev–Trinajstić information content (AvgIpc) is 2.89. The number of hydrogen-bond donors (Lipinski definition) is 2. The van der Waals surface area contributed by atoms with Crippen LogP contribution in [0.2, 0.25) is 0 Å². The Morgan fingerprint density at radius 2 is 2.00 bits per heavy atom. The SMILES string of the molecule is Cl.O=C1CC[C@@H](Oc2ccc3c(c2)OCC32CCNCC2)C(=O)N1. The molecule has 1 spiro atoms. The molecule has 4 rings (SSSR count). The summed E-state index contributed by atoms with van der Waals surface area (Å²) in [7, 11) is 0. The Kier molecular flexibility index (Phi) is 4.69. The lowest BCUT2D eigenvalue weighted by Gasteiger charge is -2.32. The van der Waals surface area contributed by atoms with Crippen molar-refractivity contribution >= 4 is 24.2 Å². The Hall–Kier alpha value is -1.79. The Bertz CT molecular complexity index is 658. The molecule has 1 aromatic carbocycles. The summed E-state index contributed by atoms with van der Waals surface area (Å²) < 4.78 is 11.7. The van der Waals surface area contributed by atoms with Gasteiger partial charge in [0, 0.05) is 29.9 Å². The molecule has 2 N–H and O–H groups in total. The van der Waals surface area contributed by atoms with Crippen LogP contribution in [-0.4, -0.2) is 37.6 Å². The summed E-state index contributed by atoms with van der Waals surface area (Å²) in [5.41, 5.74) is 1.36. The zero-order chi connectivity index (χ0) is 15.9. The number of hydrogen-bond acceptors (Lipinski definition) is 5. The number of piperidine rings is 2. The normalized spacial score (nSPS) is 24.6. The van der Waals surface area contributed by atoms with Crippen LogP contribution >= 0.6 is 12.4 Å². The molecule has 3 heterocycles. The lowest BCUT2D eigenvalue weighted by Crippen LogP contribution is -2.46. The van der Waals surface area contributed by atoms with Crippen molar-refractivity contribution in [3.63, 3.8) is 0 Å². The smallest absolute Gasteiger partial charge is 0.267 e. The third-order valence-electron chi connectivity index (χ3n) is 5.06. The second-order valence-electron chi connectivity index (χ2n) is 6.53. The van der Waals surface area contributed by atoms with Crippen LogP contribution in [0.15, 0.2) is 18.2 Å². The number of rotatable bonds is 2. The van der Waals surface area contributed by atoms with Gasteiger partial charge in [-0.25, -0.2) is 0 Å². The molecule has 0 unspecified atom stereocenters. The maximum absolute atomic E-state index is 11.8. The van der Waals surface area contributed by atoms with Crippen LogP contribution in [-0.2, 0) is 15.0 Å². The molecule has 7 heteroatoms. The van der Waals surface area contributed by atoms with Crippen molar-refractivity contribution in [3.05, 3.63) is 23.8 Å². The van der Waals surface area contributed by atoms with E-state index in [0.717, 1.165) is 31.7 Å². The van der Waals surface area contributed by atoms with Gasteiger partial charge >= 0.3 is 0 Å². The molecule has 0 aromatic heterocycles. The Morgan fingerprint density at radius 1 is 1.21 bits per heavy atom. The number of halogens is 1. The molecule has 0 aliphatic carbocycles. The zero-order valence-corrected chi connectivity index (χ0v) is 14.1. The molecule has 3 aliphatic heterocycles. The van der Waals surface area contributed by atoms with Gasteiger partial charge in [-0.2, -0.15) is 0 Å². The maximum atomic E-state index is 11.8. The van der Waals surface area contributed by atoms with Gasteiger partial charge in [0.05, 0.1) is 6.61 Å². The van der Waals surface area contributed by atoms with E-state index in [0.29, 0.717) is 25.2 Å². The summed E-state index contributed by atoms with van der Waals surface area (Å²) in [6.07, 6.45) is 2.27. The molecule has 2 fully saturated rings. The molecule has 0 bridgehead atoms. The first-order valence-corrected chi connectivity index (χ1v) is 8.15. The minimum absolute atomic E-state index is 0. The first-order valence-electron chi connectivity index (χ1n) is 8.15. The summed E-state index contributed by atoms with van der Waals surface area (Å²) in [5.74, 6) is 0.874. The standard InChI is InChI=1S/C17H20N2O4.ClH/c20-15-4-3-13(16(21)19-15)23-11-1-2-12-14(9-11)22-10-17(12)5-7-18-8-6-17;/h1-2,9,13,18H,3-8,10H2,(H,19,20,21);1H/t13-;/m1./s1. The molecule has 2 saturated heterocycles. The van der Waals surface area contributed by atoms with Gasteiger partial charge in [-0.05, 0) is 32.0 Å². The van der Waals surface area contributed by atoms with Gasteiger partial charge in [0.1, 0.15) is 11.5 Å². The highest BCUT2D eigenvalue weighted by atomic mass is 35.5. The van der Waals surface area contributed by atoms with Crippen LogP contribution in [0.4, 0.5) is 0 Å². The lowest BCUT2D eigenvalue weighted by atomic mass is 9.75.